The number of unbranched alkanes of at least 4 members (excludes halogenated alkanes) is 21. The summed E-state index contributed by atoms with van der Waals surface area (Å²) in [6.07, 6.45) is 46.5. The van der Waals surface area contributed by atoms with Crippen molar-refractivity contribution in [3.63, 3.8) is 0 Å². The summed E-state index contributed by atoms with van der Waals surface area (Å²) in [7, 11) is 0. The molecule has 0 bridgehead atoms. The van der Waals surface area contributed by atoms with Gasteiger partial charge in [-0.25, -0.2) is 4.57 Å². The molecule has 2 rings (SSSR count). The van der Waals surface area contributed by atoms with Crippen LogP contribution in [0.5, 0.6) is 17.2 Å². The number of pyridine rings is 1. The Labute approximate surface area is 320 Å². The highest BCUT2D eigenvalue weighted by molar-refractivity contribution is 5.54. The Hall–Kier alpha value is -3.27. The Morgan fingerprint density at radius 3 is 1.35 bits per heavy atom. The molecule has 0 aliphatic rings. The Kier molecular flexibility index (Phi) is 29.0. The Balaban J connectivity index is 1.98. The van der Waals surface area contributed by atoms with Crippen molar-refractivity contribution in [2.75, 3.05) is 19.8 Å². The third-order valence-electron chi connectivity index (χ3n) is 9.56. The van der Waals surface area contributed by atoms with Crippen LogP contribution in [-0.2, 0) is 6.54 Å². The Bertz CT molecular complexity index is 1130. The van der Waals surface area contributed by atoms with Gasteiger partial charge < -0.3 is 14.2 Å². The fraction of sp³-hybridized carbons (Fsp3) is 0.604. The highest BCUT2D eigenvalue weighted by Crippen LogP contribution is 2.39. The number of nitrogens with zero attached hydrogens (tertiary/aromatic N) is 1. The molecule has 0 saturated heterocycles. The summed E-state index contributed by atoms with van der Waals surface area (Å²) in [5.74, 6) is 2.45. The quantitative estimate of drug-likeness (QED) is 0.0400. The van der Waals surface area contributed by atoms with E-state index in [4.69, 9.17) is 14.2 Å². The number of aromatic nitrogens is 1. The molecule has 2 aromatic rings. The number of allylic oxidation sites excluding steroid dienone is 6. The van der Waals surface area contributed by atoms with Gasteiger partial charge in [-0.2, -0.15) is 0 Å². The lowest BCUT2D eigenvalue weighted by Crippen LogP contribution is -2.32. The summed E-state index contributed by atoms with van der Waals surface area (Å²) >= 11 is 0. The third kappa shape index (κ3) is 24.1. The van der Waals surface area contributed by atoms with Crippen molar-refractivity contribution in [3.05, 3.63) is 97.9 Å². The van der Waals surface area contributed by atoms with Crippen LogP contribution in [0.15, 0.2) is 92.3 Å². The molecule has 0 radical (unpaired) electrons. The molecule has 290 valence electrons. The first-order valence-electron chi connectivity index (χ1n) is 21.3. The van der Waals surface area contributed by atoms with E-state index in [1.54, 1.807) is 0 Å². The van der Waals surface area contributed by atoms with Gasteiger partial charge in [-0.3, -0.25) is 0 Å². The molecule has 0 N–H and O–H groups in total. The first kappa shape index (κ1) is 44.9. The lowest BCUT2D eigenvalue weighted by molar-refractivity contribution is -0.688. The van der Waals surface area contributed by atoms with Gasteiger partial charge in [-0.05, 0) is 57.1 Å². The summed E-state index contributed by atoms with van der Waals surface area (Å²) < 4.78 is 21.9. The van der Waals surface area contributed by atoms with Crippen LogP contribution in [0.3, 0.4) is 0 Å². The minimum atomic E-state index is 0.694. The van der Waals surface area contributed by atoms with Gasteiger partial charge in [0.2, 0.25) is 5.75 Å². The van der Waals surface area contributed by atoms with Gasteiger partial charge in [-0.15, -0.1) is 0 Å². The summed E-state index contributed by atoms with van der Waals surface area (Å²) in [6.45, 7) is 12.6. The van der Waals surface area contributed by atoms with Gasteiger partial charge in [0, 0.05) is 17.7 Å². The maximum absolute atomic E-state index is 6.57. The molecular weight excluding hydrogens is 639 g/mol. The van der Waals surface area contributed by atoms with Crippen molar-refractivity contribution in [1.82, 2.24) is 0 Å². The van der Waals surface area contributed by atoms with Crippen molar-refractivity contribution in [3.8, 4) is 17.2 Å². The van der Waals surface area contributed by atoms with Crippen molar-refractivity contribution >= 4 is 0 Å². The number of hydrogen-bond acceptors (Lipinski definition) is 3. The van der Waals surface area contributed by atoms with E-state index in [0.29, 0.717) is 19.8 Å². The molecule has 0 fully saturated rings. The SMILES string of the molecule is C=C/C=C/CCCCCCCCOc1cc(C[n+]2ccccc2)cc(OCCCCCCCC/C=C/C=C)c1OCCCCCCCCCCCC. The number of hydrogen-bond donors (Lipinski definition) is 0. The first-order chi connectivity index (χ1) is 25.8. The minimum absolute atomic E-state index is 0.694. The molecule has 1 aromatic carbocycles. The van der Waals surface area contributed by atoms with Gasteiger partial charge in [0.05, 0.1) is 19.8 Å². The number of rotatable bonds is 36. The zero-order valence-corrected chi connectivity index (χ0v) is 33.4. The number of ether oxygens (including phenoxy) is 3. The smallest absolute Gasteiger partial charge is 0.203 e. The first-order valence-corrected chi connectivity index (χ1v) is 21.3. The third-order valence-corrected chi connectivity index (χ3v) is 9.56. The normalized spacial score (nSPS) is 11.4. The fourth-order valence-corrected chi connectivity index (χ4v) is 6.49. The van der Waals surface area contributed by atoms with Crippen LogP contribution in [0, 0.1) is 0 Å². The molecule has 0 spiro atoms. The maximum Gasteiger partial charge on any atom is 0.203 e. The summed E-state index contributed by atoms with van der Waals surface area (Å²) in [6, 6.07) is 10.6. The highest BCUT2D eigenvalue weighted by Gasteiger charge is 2.18. The zero-order chi connectivity index (χ0) is 37.0. The van der Waals surface area contributed by atoms with Crippen LogP contribution < -0.4 is 18.8 Å². The summed E-state index contributed by atoms with van der Waals surface area (Å²) in [4.78, 5) is 0. The lowest BCUT2D eigenvalue weighted by atomic mass is 10.1. The maximum atomic E-state index is 6.57. The molecule has 52 heavy (non-hydrogen) atoms. The van der Waals surface area contributed by atoms with Crippen LogP contribution in [0.25, 0.3) is 0 Å². The van der Waals surface area contributed by atoms with Crippen LogP contribution in [0.4, 0.5) is 0 Å². The monoisotopic (exact) mass is 715 g/mol. The molecule has 1 aromatic heterocycles. The topological polar surface area (TPSA) is 31.6 Å². The zero-order valence-electron chi connectivity index (χ0n) is 33.4. The van der Waals surface area contributed by atoms with Crippen LogP contribution in [0.1, 0.15) is 167 Å². The van der Waals surface area contributed by atoms with E-state index >= 15 is 0 Å². The van der Waals surface area contributed by atoms with E-state index in [2.05, 4.69) is 79.5 Å². The van der Waals surface area contributed by atoms with Gasteiger partial charge in [0.15, 0.2) is 30.4 Å². The van der Waals surface area contributed by atoms with Gasteiger partial charge in [0.1, 0.15) is 0 Å². The van der Waals surface area contributed by atoms with Crippen molar-refractivity contribution in [2.45, 2.75) is 168 Å². The molecule has 0 saturated carbocycles. The molecule has 4 nitrogen and oxygen atoms in total. The van der Waals surface area contributed by atoms with Gasteiger partial charge in [0.25, 0.3) is 0 Å². The second-order valence-corrected chi connectivity index (χ2v) is 14.3. The molecule has 4 heteroatoms. The Morgan fingerprint density at radius 1 is 0.500 bits per heavy atom. The molecular formula is C48H76NO3+. The summed E-state index contributed by atoms with van der Waals surface area (Å²) in [5.41, 5.74) is 1.17. The van der Waals surface area contributed by atoms with Crippen LogP contribution >= 0.6 is 0 Å². The van der Waals surface area contributed by atoms with Crippen molar-refractivity contribution in [1.29, 1.82) is 0 Å². The second kappa shape index (κ2) is 33.6. The van der Waals surface area contributed by atoms with Crippen molar-refractivity contribution < 1.29 is 18.8 Å². The predicted octanol–water partition coefficient (Wildman–Crippen LogP) is 14.0. The molecule has 0 amide bonds. The van der Waals surface area contributed by atoms with E-state index in [0.717, 1.165) is 55.9 Å². The molecule has 1 heterocycles. The molecule has 0 aliphatic heterocycles. The fourth-order valence-electron chi connectivity index (χ4n) is 6.49. The van der Waals surface area contributed by atoms with E-state index in [1.165, 1.54) is 128 Å². The average Bonchev–Trinajstić information content (AvgIpc) is 3.16. The minimum Gasteiger partial charge on any atom is -0.490 e. The molecule has 0 atom stereocenters. The lowest BCUT2D eigenvalue weighted by Gasteiger charge is -2.18. The molecule has 0 aliphatic carbocycles. The predicted molar refractivity (Wildman–Crippen MR) is 224 cm³/mol. The highest BCUT2D eigenvalue weighted by atomic mass is 16.5. The van der Waals surface area contributed by atoms with E-state index in [9.17, 15) is 0 Å². The van der Waals surface area contributed by atoms with E-state index < -0.39 is 0 Å². The second-order valence-electron chi connectivity index (χ2n) is 14.3. The van der Waals surface area contributed by atoms with Crippen LogP contribution in [-0.4, -0.2) is 19.8 Å². The molecule has 0 unspecified atom stereocenters. The largest absolute Gasteiger partial charge is 0.490 e. The van der Waals surface area contributed by atoms with Crippen LogP contribution in [0.2, 0.25) is 0 Å². The van der Waals surface area contributed by atoms with Gasteiger partial charge >= 0.3 is 0 Å². The Morgan fingerprint density at radius 2 is 0.904 bits per heavy atom. The summed E-state index contributed by atoms with van der Waals surface area (Å²) in [5, 5.41) is 0. The van der Waals surface area contributed by atoms with E-state index in [1.807, 2.05) is 24.3 Å². The standard InChI is InChI=1S/C48H76NO3/c1-4-7-10-13-16-19-22-25-28-34-39-50-46-42-45(44-49-37-32-31-33-38-49)43-47(51-40-35-29-26-23-20-17-14-11-8-5-2)48(46)52-41-36-30-27-24-21-18-15-12-9-6-3/h4-5,7-8,10-11,31-33,37-38,42-43H,1-2,6,9,12-30,34-36,39-41,44H2,3H3/q+1/b10-7+,11-8+. The average molecular weight is 715 g/mol. The van der Waals surface area contributed by atoms with E-state index in [-0.39, 0.29) is 0 Å². The van der Waals surface area contributed by atoms with Gasteiger partial charge in [-0.1, -0.05) is 172 Å². The number of benzene rings is 1. The van der Waals surface area contributed by atoms with Crippen molar-refractivity contribution in [2.24, 2.45) is 0 Å².